The molecule has 0 amide bonds. The Morgan fingerprint density at radius 1 is 1.00 bits per heavy atom. The Labute approximate surface area is 191 Å². The van der Waals surface area contributed by atoms with E-state index < -0.39 is 59.4 Å². The van der Waals surface area contributed by atoms with Crippen molar-refractivity contribution in [1.29, 1.82) is 0 Å². The van der Waals surface area contributed by atoms with Crippen molar-refractivity contribution in [2.45, 2.75) is 61.6 Å². The molecule has 1 aromatic heterocycles. The highest BCUT2D eigenvalue weighted by Gasteiger charge is 2.42. The van der Waals surface area contributed by atoms with Gasteiger partial charge in [-0.2, -0.15) is 8.62 Å². The average Bonchev–Trinajstić information content (AvgIpc) is 2.86. The van der Waals surface area contributed by atoms with E-state index in [1.54, 1.807) is 0 Å². The third kappa shape index (κ3) is 10.9. The number of hydrogen-bond acceptors (Lipinski definition) is 9. The maximum atomic E-state index is 11.9. The molecular weight excluding hydrogens is 509 g/mol. The van der Waals surface area contributed by atoms with Crippen molar-refractivity contribution in [2.75, 3.05) is 6.61 Å². The zero-order valence-corrected chi connectivity index (χ0v) is 17.4. The number of aliphatic hydroxyl groups excluding tert-OH is 1. The summed E-state index contributed by atoms with van der Waals surface area (Å²) in [6, 6.07) is -0.567. The molecule has 1 heterocycles. The Balaban J connectivity index is -0.00000225. The molecule has 2 unspecified atom stereocenters. The molecule has 18 heteroatoms. The lowest BCUT2D eigenvalue weighted by molar-refractivity contribution is 0.0834. The van der Waals surface area contributed by atoms with Crippen molar-refractivity contribution in [3.63, 3.8) is 0 Å². The van der Waals surface area contributed by atoms with Gasteiger partial charge in [-0.05, 0) is 19.8 Å². The molecular formula is C15H35N2O13P3. The van der Waals surface area contributed by atoms with Crippen LogP contribution in [-0.4, -0.2) is 46.9 Å². The van der Waals surface area contributed by atoms with Crippen molar-refractivity contribution >= 4 is 23.5 Å². The summed E-state index contributed by atoms with van der Waals surface area (Å²) < 4.78 is 46.5. The summed E-state index contributed by atoms with van der Waals surface area (Å²) in [7, 11) is -16.4. The molecule has 33 heavy (non-hydrogen) atoms. The fraction of sp³-hybridized carbons (Fsp3) is 0.733. The molecule has 2 rings (SSSR count). The fourth-order valence-electron chi connectivity index (χ4n) is 2.83. The first kappa shape index (κ1) is 36.6. The molecule has 1 aliphatic carbocycles. The molecule has 15 nitrogen and oxygen atoms in total. The molecule has 1 fully saturated rings. The van der Waals surface area contributed by atoms with Crippen LogP contribution in [0.5, 0.6) is 0 Å². The second-order valence-electron chi connectivity index (χ2n) is 6.32. The van der Waals surface area contributed by atoms with E-state index in [1.165, 1.54) is 17.7 Å². The number of rotatable bonds is 8. The van der Waals surface area contributed by atoms with E-state index in [2.05, 4.69) is 18.1 Å². The van der Waals surface area contributed by atoms with Gasteiger partial charge in [0.1, 0.15) is 0 Å². The normalized spacial score (nSPS) is 23.5. The number of aryl methyl sites for hydroxylation is 1. The smallest absolute Gasteiger partial charge is 0.393 e. The zero-order chi connectivity index (χ0) is 22.2. The summed E-state index contributed by atoms with van der Waals surface area (Å²) >= 11 is 0. The average molecular weight is 544 g/mol. The monoisotopic (exact) mass is 544 g/mol. The lowest BCUT2D eigenvalue weighted by Gasteiger charge is -2.19. The summed E-state index contributed by atoms with van der Waals surface area (Å²) in [6.07, 6.45) is 0.355. The maximum absolute atomic E-state index is 11.9. The van der Waals surface area contributed by atoms with Gasteiger partial charge in [0.2, 0.25) is 0 Å². The molecule has 1 aliphatic rings. The van der Waals surface area contributed by atoms with Gasteiger partial charge in [0.15, 0.2) is 0 Å². The molecule has 1 saturated carbocycles. The van der Waals surface area contributed by atoms with Gasteiger partial charge in [-0.15, -0.1) is 0 Å². The molecule has 5 atom stereocenters. The molecule has 0 aromatic carbocycles. The molecule has 198 valence electrons. The Hall–Kier alpha value is -0.950. The van der Waals surface area contributed by atoms with Crippen LogP contribution in [0.3, 0.4) is 0 Å². The van der Waals surface area contributed by atoms with Crippen molar-refractivity contribution < 1.29 is 51.5 Å². The summed E-state index contributed by atoms with van der Waals surface area (Å²) in [5.74, 6) is -0.802. The van der Waals surface area contributed by atoms with Crippen LogP contribution in [0.2, 0.25) is 0 Å². The first-order valence-electron chi connectivity index (χ1n) is 7.87. The lowest BCUT2D eigenvalue weighted by atomic mass is 10.1. The molecule has 0 bridgehead atoms. The van der Waals surface area contributed by atoms with Crippen LogP contribution in [0.25, 0.3) is 0 Å². The standard InChI is InChI=1S/C11H19N2O13P3.4CH4/c1-6-4-13(11(16)12-10(6)15)8-2-7(9(14)3-8)5-24-28(20,21)26-29(22,23)25-27(17,18)19;;;;/h4,7-9,14H,2-3,5H2,1H3,(H,20,21)(H,22,23)(H,12,15,16)(H2,17,18,19);4*1H4/t7-,8-,9-;;;;/m1..../s1. The van der Waals surface area contributed by atoms with Crippen LogP contribution in [-0.2, 0) is 26.8 Å². The number of nitrogens with one attached hydrogen (secondary N) is 1. The van der Waals surface area contributed by atoms with E-state index in [4.69, 9.17) is 14.7 Å². The largest absolute Gasteiger partial charge is 0.490 e. The quantitative estimate of drug-likeness (QED) is 0.257. The van der Waals surface area contributed by atoms with Gasteiger partial charge in [-0.1, -0.05) is 29.7 Å². The van der Waals surface area contributed by atoms with Crippen molar-refractivity contribution in [3.05, 3.63) is 32.6 Å². The van der Waals surface area contributed by atoms with Gasteiger partial charge < -0.3 is 24.7 Å². The van der Waals surface area contributed by atoms with Gasteiger partial charge in [-0.25, -0.2) is 18.5 Å². The highest BCUT2D eigenvalue weighted by atomic mass is 31.3. The second-order valence-corrected chi connectivity index (χ2v) is 10.7. The minimum Gasteiger partial charge on any atom is -0.393 e. The third-order valence-corrected chi connectivity index (χ3v) is 7.84. The molecule has 0 aliphatic heterocycles. The van der Waals surface area contributed by atoms with Crippen molar-refractivity contribution in [3.8, 4) is 0 Å². The van der Waals surface area contributed by atoms with E-state index in [0.717, 1.165) is 0 Å². The van der Waals surface area contributed by atoms with Crippen LogP contribution in [0.15, 0.2) is 15.8 Å². The predicted octanol–water partition coefficient (Wildman–Crippen LogP) is 2.04. The van der Waals surface area contributed by atoms with Crippen LogP contribution in [0.4, 0.5) is 0 Å². The highest BCUT2D eigenvalue weighted by Crippen LogP contribution is 2.66. The Bertz CT molecular complexity index is 1020. The SMILES string of the molecule is C.C.C.C.Cc1cn([C@@H]2C[C@H](COP(=O)(O)OP(=O)(O)OP(=O)(O)O)[C@H](O)C2)c(=O)[nH]c1=O. The zero-order valence-electron chi connectivity index (χ0n) is 14.7. The number of aliphatic hydroxyl groups is 1. The Morgan fingerprint density at radius 2 is 1.55 bits per heavy atom. The minimum atomic E-state index is -5.63. The van der Waals surface area contributed by atoms with Crippen LogP contribution in [0.1, 0.15) is 54.2 Å². The molecule has 6 N–H and O–H groups in total. The van der Waals surface area contributed by atoms with E-state index in [0.29, 0.717) is 0 Å². The molecule has 0 spiro atoms. The fourth-order valence-corrected chi connectivity index (χ4v) is 5.91. The Kier molecular flexibility index (Phi) is 14.7. The first-order valence-corrected chi connectivity index (χ1v) is 12.4. The number of aromatic nitrogens is 2. The number of aromatic amines is 1. The van der Waals surface area contributed by atoms with Crippen molar-refractivity contribution in [1.82, 2.24) is 9.55 Å². The Morgan fingerprint density at radius 3 is 2.06 bits per heavy atom. The molecule has 0 saturated heterocycles. The predicted molar refractivity (Wildman–Crippen MR) is 121 cm³/mol. The lowest BCUT2D eigenvalue weighted by Crippen LogP contribution is -2.32. The maximum Gasteiger partial charge on any atom is 0.490 e. The molecule has 1 aromatic rings. The second kappa shape index (κ2) is 13.2. The van der Waals surface area contributed by atoms with Crippen LogP contribution < -0.4 is 11.2 Å². The van der Waals surface area contributed by atoms with Crippen LogP contribution in [0, 0.1) is 12.8 Å². The topological polar surface area (TPSA) is 235 Å². The number of hydrogen-bond donors (Lipinski definition) is 6. The van der Waals surface area contributed by atoms with E-state index in [-0.39, 0.29) is 48.1 Å². The number of phosphoric ester groups is 1. The first-order chi connectivity index (χ1) is 13.1. The highest BCUT2D eigenvalue weighted by molar-refractivity contribution is 7.66. The van der Waals surface area contributed by atoms with Gasteiger partial charge >= 0.3 is 29.2 Å². The van der Waals surface area contributed by atoms with E-state index in [1.807, 2.05) is 0 Å². The summed E-state index contributed by atoms with van der Waals surface area (Å²) in [6.45, 7) is 0.825. The third-order valence-electron chi connectivity index (χ3n) is 4.04. The number of H-pyrrole nitrogens is 1. The summed E-state index contributed by atoms with van der Waals surface area (Å²) in [5.41, 5.74) is -1.00. The summed E-state index contributed by atoms with van der Waals surface area (Å²) in [5, 5.41) is 10.1. The number of phosphoric acid groups is 3. The van der Waals surface area contributed by atoms with Crippen molar-refractivity contribution in [2.24, 2.45) is 5.92 Å². The molecule has 0 radical (unpaired) electrons. The van der Waals surface area contributed by atoms with E-state index >= 15 is 0 Å². The van der Waals surface area contributed by atoms with Gasteiger partial charge in [0.25, 0.3) is 5.56 Å². The summed E-state index contributed by atoms with van der Waals surface area (Å²) in [4.78, 5) is 61.0. The van der Waals surface area contributed by atoms with Gasteiger partial charge in [0.05, 0.1) is 12.7 Å². The van der Waals surface area contributed by atoms with Gasteiger partial charge in [0, 0.05) is 23.7 Å². The number of nitrogens with zero attached hydrogens (tertiary/aromatic N) is 1. The van der Waals surface area contributed by atoms with Crippen LogP contribution >= 0.6 is 23.5 Å². The van der Waals surface area contributed by atoms with E-state index in [9.17, 15) is 33.3 Å². The van der Waals surface area contributed by atoms with Gasteiger partial charge in [-0.3, -0.25) is 18.9 Å². The minimum absolute atomic E-state index is 0.